The molecule has 2 rings (SSSR count). The second-order valence-corrected chi connectivity index (χ2v) is 4.21. The van der Waals surface area contributed by atoms with Crippen LogP contribution in [0.15, 0.2) is 34.7 Å². The minimum Gasteiger partial charge on any atom is -0.463 e. The van der Waals surface area contributed by atoms with Crippen molar-refractivity contribution in [1.29, 1.82) is 5.26 Å². The Morgan fingerprint density at radius 2 is 2.23 bits per heavy atom. The molecule has 0 amide bonds. The number of hydrogen-bond acceptors (Lipinski definition) is 7. The number of carbonyl (C=O) groups is 1. The van der Waals surface area contributed by atoms with Crippen LogP contribution < -0.4 is 5.32 Å². The van der Waals surface area contributed by atoms with Gasteiger partial charge in [0, 0.05) is 11.8 Å². The van der Waals surface area contributed by atoms with Crippen molar-refractivity contribution in [3.63, 3.8) is 0 Å². The highest BCUT2D eigenvalue weighted by atomic mass is 16.6. The highest BCUT2D eigenvalue weighted by Gasteiger charge is 2.14. The fraction of sp³-hybridized carbons (Fsp3) is 0.143. The number of rotatable bonds is 5. The molecule has 0 saturated carbocycles. The monoisotopic (exact) mass is 301 g/mol. The molecule has 1 aromatic heterocycles. The van der Waals surface area contributed by atoms with Crippen molar-refractivity contribution in [2.75, 3.05) is 12.4 Å². The molecule has 1 heterocycles. The van der Waals surface area contributed by atoms with Crippen LogP contribution in [0.1, 0.15) is 21.9 Å². The summed E-state index contributed by atoms with van der Waals surface area (Å²) in [5.74, 6) is -0.00803. The van der Waals surface area contributed by atoms with E-state index in [0.29, 0.717) is 11.4 Å². The van der Waals surface area contributed by atoms with E-state index < -0.39 is 10.9 Å². The van der Waals surface area contributed by atoms with Gasteiger partial charge in [0.15, 0.2) is 0 Å². The van der Waals surface area contributed by atoms with Crippen LogP contribution in [-0.2, 0) is 11.3 Å². The topological polar surface area (TPSA) is 118 Å². The minimum absolute atomic E-state index is 0.0373. The van der Waals surface area contributed by atoms with Gasteiger partial charge in [-0.2, -0.15) is 5.26 Å². The molecule has 0 bridgehead atoms. The fourth-order valence-corrected chi connectivity index (χ4v) is 1.77. The second-order valence-electron chi connectivity index (χ2n) is 4.21. The number of ether oxygens (including phenoxy) is 1. The molecule has 0 radical (unpaired) electrons. The Labute approximate surface area is 125 Å². The number of nitriles is 1. The maximum atomic E-state index is 11.2. The summed E-state index contributed by atoms with van der Waals surface area (Å²) in [6.45, 7) is 0.250. The maximum absolute atomic E-state index is 11.2. The molecular weight excluding hydrogens is 290 g/mol. The molecule has 0 aliphatic rings. The zero-order chi connectivity index (χ0) is 16.1. The van der Waals surface area contributed by atoms with Crippen LogP contribution in [-0.4, -0.2) is 18.0 Å². The number of esters is 1. The number of nitro benzene ring substituents is 1. The quantitative estimate of drug-likeness (QED) is 0.511. The molecular formula is C14H11N3O5. The van der Waals surface area contributed by atoms with Crippen molar-refractivity contribution in [1.82, 2.24) is 0 Å². The average molecular weight is 301 g/mol. The number of nitrogens with one attached hydrogen (secondary N) is 1. The molecule has 0 spiro atoms. The highest BCUT2D eigenvalue weighted by Crippen LogP contribution is 2.22. The van der Waals surface area contributed by atoms with Crippen molar-refractivity contribution >= 4 is 17.3 Å². The van der Waals surface area contributed by atoms with Gasteiger partial charge in [0.05, 0.1) is 18.6 Å². The van der Waals surface area contributed by atoms with Crippen LogP contribution in [0.3, 0.4) is 0 Å². The molecule has 8 nitrogen and oxygen atoms in total. The lowest BCUT2D eigenvalue weighted by Crippen LogP contribution is -2.01. The molecule has 8 heteroatoms. The number of carbonyl (C=O) groups excluding carboxylic acids is 1. The molecule has 0 unspecified atom stereocenters. The second kappa shape index (κ2) is 6.41. The summed E-state index contributed by atoms with van der Waals surface area (Å²) in [7, 11) is 1.25. The van der Waals surface area contributed by atoms with E-state index in [1.807, 2.05) is 0 Å². The number of anilines is 1. The lowest BCUT2D eigenvalue weighted by atomic mass is 10.1. The molecule has 2 aromatic rings. The van der Waals surface area contributed by atoms with Gasteiger partial charge >= 0.3 is 5.97 Å². The maximum Gasteiger partial charge on any atom is 0.373 e. The van der Waals surface area contributed by atoms with E-state index in [-0.39, 0.29) is 23.6 Å². The third kappa shape index (κ3) is 3.21. The van der Waals surface area contributed by atoms with E-state index in [0.717, 1.165) is 0 Å². The van der Waals surface area contributed by atoms with E-state index in [1.165, 1.54) is 31.4 Å². The lowest BCUT2D eigenvalue weighted by molar-refractivity contribution is -0.385. The Hall–Kier alpha value is -3.34. The number of furan rings is 1. The number of benzene rings is 1. The van der Waals surface area contributed by atoms with Crippen LogP contribution in [0, 0.1) is 21.4 Å². The summed E-state index contributed by atoms with van der Waals surface area (Å²) >= 11 is 0. The number of hydrogen-bond donors (Lipinski definition) is 1. The van der Waals surface area contributed by atoms with Crippen LogP contribution in [0.25, 0.3) is 0 Å². The largest absolute Gasteiger partial charge is 0.463 e. The van der Waals surface area contributed by atoms with Crippen LogP contribution in [0.5, 0.6) is 0 Å². The number of nitro groups is 1. The Bertz CT molecular complexity index is 760. The van der Waals surface area contributed by atoms with Crippen molar-refractivity contribution in [3.8, 4) is 6.07 Å². The molecule has 112 valence electrons. The fourth-order valence-electron chi connectivity index (χ4n) is 1.77. The molecule has 1 N–H and O–H groups in total. The zero-order valence-electron chi connectivity index (χ0n) is 11.5. The molecule has 1 aromatic carbocycles. The smallest absolute Gasteiger partial charge is 0.373 e. The predicted molar refractivity (Wildman–Crippen MR) is 75.2 cm³/mol. The van der Waals surface area contributed by atoms with E-state index in [4.69, 9.17) is 9.68 Å². The van der Waals surface area contributed by atoms with Crippen molar-refractivity contribution in [2.24, 2.45) is 0 Å². The lowest BCUT2D eigenvalue weighted by Gasteiger charge is -2.05. The van der Waals surface area contributed by atoms with Gasteiger partial charge in [-0.15, -0.1) is 0 Å². The minimum atomic E-state index is -0.614. The Balaban J connectivity index is 2.09. The summed E-state index contributed by atoms with van der Waals surface area (Å²) in [4.78, 5) is 21.4. The van der Waals surface area contributed by atoms with Gasteiger partial charge in [0.2, 0.25) is 5.76 Å². The Morgan fingerprint density at radius 1 is 1.45 bits per heavy atom. The highest BCUT2D eigenvalue weighted by molar-refractivity contribution is 5.86. The third-order valence-electron chi connectivity index (χ3n) is 2.83. The summed E-state index contributed by atoms with van der Waals surface area (Å²) < 4.78 is 9.79. The zero-order valence-corrected chi connectivity index (χ0v) is 11.5. The summed E-state index contributed by atoms with van der Waals surface area (Å²) in [6, 6.07) is 8.99. The number of nitrogens with zero attached hydrogens (tertiary/aromatic N) is 2. The Morgan fingerprint density at radius 3 is 2.86 bits per heavy atom. The van der Waals surface area contributed by atoms with Crippen molar-refractivity contribution < 1.29 is 18.9 Å². The van der Waals surface area contributed by atoms with Gasteiger partial charge < -0.3 is 14.5 Å². The van der Waals surface area contributed by atoms with Gasteiger partial charge in [0.25, 0.3) is 5.69 Å². The van der Waals surface area contributed by atoms with Gasteiger partial charge in [0.1, 0.15) is 17.4 Å². The van der Waals surface area contributed by atoms with Crippen LogP contribution in [0.4, 0.5) is 11.4 Å². The molecule has 0 atom stereocenters. The first-order valence-electron chi connectivity index (χ1n) is 6.14. The molecule has 0 aliphatic heterocycles. The summed E-state index contributed by atoms with van der Waals surface area (Å²) in [5, 5.41) is 22.6. The van der Waals surface area contributed by atoms with E-state index in [1.54, 1.807) is 12.1 Å². The van der Waals surface area contributed by atoms with Crippen molar-refractivity contribution in [2.45, 2.75) is 6.54 Å². The van der Waals surface area contributed by atoms with Gasteiger partial charge in [-0.05, 0) is 24.3 Å². The molecule has 0 saturated heterocycles. The normalized spacial score (nSPS) is 9.82. The van der Waals surface area contributed by atoms with Crippen LogP contribution >= 0.6 is 0 Å². The van der Waals surface area contributed by atoms with E-state index in [2.05, 4.69) is 10.1 Å². The first-order chi connectivity index (χ1) is 10.5. The van der Waals surface area contributed by atoms with Gasteiger partial charge in [-0.1, -0.05) is 0 Å². The molecule has 0 aliphatic carbocycles. The third-order valence-corrected chi connectivity index (χ3v) is 2.83. The van der Waals surface area contributed by atoms with Gasteiger partial charge in [-0.3, -0.25) is 10.1 Å². The van der Waals surface area contributed by atoms with Crippen molar-refractivity contribution in [3.05, 3.63) is 57.5 Å². The SMILES string of the molecule is COC(=O)c1ccc(CNc2ccc([N+](=O)[O-])c(C#N)c2)o1. The predicted octanol–water partition coefficient (Wildman–Crippen LogP) is 2.46. The molecule has 0 fully saturated rings. The standard InChI is InChI=1S/C14H11N3O5/c1-21-14(18)13-5-3-11(22-13)8-16-10-2-4-12(17(19)20)9(6-10)7-15/h2-6,16H,8H2,1H3. The Kier molecular flexibility index (Phi) is 4.38. The first kappa shape index (κ1) is 15.1. The first-order valence-corrected chi connectivity index (χ1v) is 6.14. The molecule has 22 heavy (non-hydrogen) atoms. The number of methoxy groups -OCH3 is 1. The summed E-state index contributed by atoms with van der Waals surface area (Å²) in [6.07, 6.45) is 0. The van der Waals surface area contributed by atoms with Gasteiger partial charge in [-0.25, -0.2) is 4.79 Å². The average Bonchev–Trinajstić information content (AvgIpc) is 3.00. The van der Waals surface area contributed by atoms with Crippen LogP contribution in [0.2, 0.25) is 0 Å². The van der Waals surface area contributed by atoms with E-state index in [9.17, 15) is 14.9 Å². The summed E-state index contributed by atoms with van der Waals surface area (Å²) in [5.41, 5.74) is 0.238. The van der Waals surface area contributed by atoms with E-state index >= 15 is 0 Å².